The standard InChI is InChI=1S/C14H20ClNO2/c1-4-14(16-5-2,13(17)18-6-3)11-7-9-12(15)10-8-11/h7-10,16H,4-6H2,1-3H3. The minimum Gasteiger partial charge on any atom is -0.464 e. The van der Waals surface area contributed by atoms with Crippen molar-refractivity contribution >= 4 is 17.6 Å². The molecule has 1 aromatic rings. The molecule has 18 heavy (non-hydrogen) atoms. The van der Waals surface area contributed by atoms with Gasteiger partial charge in [0.25, 0.3) is 0 Å². The maximum absolute atomic E-state index is 12.3. The summed E-state index contributed by atoms with van der Waals surface area (Å²) >= 11 is 5.89. The first-order chi connectivity index (χ1) is 8.60. The number of benzene rings is 1. The Kier molecular flexibility index (Phi) is 5.63. The SMILES string of the molecule is CCNC(CC)(C(=O)OCC)c1ccc(Cl)cc1. The van der Waals surface area contributed by atoms with E-state index in [9.17, 15) is 4.79 Å². The number of hydrogen-bond donors (Lipinski definition) is 1. The largest absolute Gasteiger partial charge is 0.464 e. The van der Waals surface area contributed by atoms with Crippen LogP contribution in [0.3, 0.4) is 0 Å². The third-order valence-corrected chi connectivity index (χ3v) is 3.22. The van der Waals surface area contributed by atoms with Crippen LogP contribution in [-0.4, -0.2) is 19.1 Å². The first-order valence-corrected chi connectivity index (χ1v) is 6.66. The summed E-state index contributed by atoms with van der Waals surface area (Å²) in [7, 11) is 0. The minimum absolute atomic E-state index is 0.239. The molecule has 0 aromatic heterocycles. The van der Waals surface area contributed by atoms with Crippen molar-refractivity contribution in [3.05, 3.63) is 34.9 Å². The van der Waals surface area contributed by atoms with Crippen molar-refractivity contribution in [1.29, 1.82) is 0 Å². The van der Waals surface area contributed by atoms with Crippen LogP contribution < -0.4 is 5.32 Å². The van der Waals surface area contributed by atoms with Gasteiger partial charge in [-0.2, -0.15) is 0 Å². The minimum atomic E-state index is -0.782. The summed E-state index contributed by atoms with van der Waals surface area (Å²) < 4.78 is 5.20. The molecular formula is C14H20ClNO2. The fourth-order valence-electron chi connectivity index (χ4n) is 2.06. The number of ether oxygens (including phenoxy) is 1. The van der Waals surface area contributed by atoms with E-state index < -0.39 is 5.54 Å². The molecule has 1 aromatic carbocycles. The summed E-state index contributed by atoms with van der Waals surface area (Å²) in [6.45, 7) is 6.81. The second kappa shape index (κ2) is 6.76. The molecular weight excluding hydrogens is 250 g/mol. The third kappa shape index (κ3) is 3.03. The second-order valence-corrected chi connectivity index (χ2v) is 4.45. The van der Waals surface area contributed by atoms with Crippen molar-refractivity contribution < 1.29 is 9.53 Å². The zero-order valence-electron chi connectivity index (χ0n) is 11.1. The van der Waals surface area contributed by atoms with E-state index in [0.717, 1.165) is 5.56 Å². The van der Waals surface area contributed by atoms with Gasteiger partial charge in [0.1, 0.15) is 5.54 Å². The average molecular weight is 270 g/mol. The fraction of sp³-hybridized carbons (Fsp3) is 0.500. The molecule has 0 aliphatic carbocycles. The van der Waals surface area contributed by atoms with Crippen LogP contribution in [0.2, 0.25) is 5.02 Å². The summed E-state index contributed by atoms with van der Waals surface area (Å²) in [5.41, 5.74) is 0.102. The van der Waals surface area contributed by atoms with Crippen molar-refractivity contribution in [3.63, 3.8) is 0 Å². The van der Waals surface area contributed by atoms with Gasteiger partial charge in [0.15, 0.2) is 0 Å². The number of carbonyl (C=O) groups excluding carboxylic acids is 1. The van der Waals surface area contributed by atoms with Crippen molar-refractivity contribution in [2.45, 2.75) is 32.7 Å². The lowest BCUT2D eigenvalue weighted by molar-refractivity contribution is -0.152. The first kappa shape index (κ1) is 15.0. The molecule has 0 saturated carbocycles. The van der Waals surface area contributed by atoms with E-state index in [2.05, 4.69) is 5.32 Å². The van der Waals surface area contributed by atoms with Crippen molar-refractivity contribution in [1.82, 2.24) is 5.32 Å². The number of rotatable bonds is 6. The second-order valence-electron chi connectivity index (χ2n) is 4.02. The van der Waals surface area contributed by atoms with Gasteiger partial charge in [-0.05, 0) is 37.6 Å². The van der Waals surface area contributed by atoms with Gasteiger partial charge in [-0.25, -0.2) is 4.79 Å². The summed E-state index contributed by atoms with van der Waals surface area (Å²) in [6, 6.07) is 7.31. The Hall–Kier alpha value is -1.06. The molecule has 0 aliphatic rings. The van der Waals surface area contributed by atoms with E-state index in [1.54, 1.807) is 12.1 Å². The van der Waals surface area contributed by atoms with Crippen LogP contribution in [0, 0.1) is 0 Å². The zero-order chi connectivity index (χ0) is 13.6. The predicted octanol–water partition coefficient (Wildman–Crippen LogP) is 3.12. The van der Waals surface area contributed by atoms with Gasteiger partial charge in [0, 0.05) is 5.02 Å². The van der Waals surface area contributed by atoms with Gasteiger partial charge in [0.05, 0.1) is 6.61 Å². The third-order valence-electron chi connectivity index (χ3n) is 2.97. The normalized spacial score (nSPS) is 14.0. The van der Waals surface area contributed by atoms with E-state index in [-0.39, 0.29) is 5.97 Å². The maximum atomic E-state index is 12.3. The Morgan fingerprint density at radius 3 is 2.33 bits per heavy atom. The molecule has 0 fully saturated rings. The number of esters is 1. The van der Waals surface area contributed by atoms with Crippen LogP contribution in [0.5, 0.6) is 0 Å². The highest BCUT2D eigenvalue weighted by Crippen LogP contribution is 2.28. The first-order valence-electron chi connectivity index (χ1n) is 6.29. The molecule has 3 nitrogen and oxygen atoms in total. The van der Waals surface area contributed by atoms with Crippen molar-refractivity contribution in [2.24, 2.45) is 0 Å². The summed E-state index contributed by atoms with van der Waals surface area (Å²) in [5.74, 6) is -0.239. The molecule has 0 heterocycles. The number of nitrogens with one attached hydrogen (secondary N) is 1. The molecule has 1 N–H and O–H groups in total. The number of halogens is 1. The van der Waals surface area contributed by atoms with E-state index in [4.69, 9.17) is 16.3 Å². The summed E-state index contributed by atoms with van der Waals surface area (Å²) in [5, 5.41) is 3.91. The van der Waals surface area contributed by atoms with Gasteiger partial charge >= 0.3 is 5.97 Å². The molecule has 1 unspecified atom stereocenters. The Bertz CT molecular complexity index is 391. The molecule has 1 rings (SSSR count). The van der Waals surface area contributed by atoms with Gasteiger partial charge in [-0.15, -0.1) is 0 Å². The average Bonchev–Trinajstić information content (AvgIpc) is 2.37. The topological polar surface area (TPSA) is 38.3 Å². The quantitative estimate of drug-likeness (QED) is 0.807. The highest BCUT2D eigenvalue weighted by molar-refractivity contribution is 6.30. The fourth-order valence-corrected chi connectivity index (χ4v) is 2.18. The number of likely N-dealkylation sites (N-methyl/N-ethyl adjacent to an activating group) is 1. The maximum Gasteiger partial charge on any atom is 0.330 e. The van der Waals surface area contributed by atoms with E-state index in [1.807, 2.05) is 32.9 Å². The highest BCUT2D eigenvalue weighted by Gasteiger charge is 2.39. The summed E-state index contributed by atoms with van der Waals surface area (Å²) in [4.78, 5) is 12.3. The lowest BCUT2D eigenvalue weighted by Gasteiger charge is -2.31. The predicted molar refractivity (Wildman–Crippen MR) is 73.7 cm³/mol. The van der Waals surface area contributed by atoms with E-state index >= 15 is 0 Å². The van der Waals surface area contributed by atoms with Crippen LogP contribution in [0.25, 0.3) is 0 Å². The van der Waals surface area contributed by atoms with Gasteiger partial charge in [-0.3, -0.25) is 5.32 Å². The number of carbonyl (C=O) groups is 1. The van der Waals surface area contributed by atoms with E-state index in [0.29, 0.717) is 24.6 Å². The summed E-state index contributed by atoms with van der Waals surface area (Å²) in [6.07, 6.45) is 0.626. The molecule has 1 atom stereocenters. The van der Waals surface area contributed by atoms with Crippen LogP contribution in [0.4, 0.5) is 0 Å². The van der Waals surface area contributed by atoms with Crippen molar-refractivity contribution in [2.75, 3.05) is 13.2 Å². The molecule has 0 radical (unpaired) electrons. The molecule has 0 saturated heterocycles. The smallest absolute Gasteiger partial charge is 0.330 e. The van der Waals surface area contributed by atoms with E-state index in [1.165, 1.54) is 0 Å². The molecule has 0 bridgehead atoms. The highest BCUT2D eigenvalue weighted by atomic mass is 35.5. The number of hydrogen-bond acceptors (Lipinski definition) is 3. The van der Waals surface area contributed by atoms with Crippen LogP contribution >= 0.6 is 11.6 Å². The molecule has 0 spiro atoms. The Balaban J connectivity index is 3.17. The lowest BCUT2D eigenvalue weighted by Crippen LogP contribution is -2.49. The van der Waals surface area contributed by atoms with Gasteiger partial charge < -0.3 is 4.74 Å². The molecule has 100 valence electrons. The Morgan fingerprint density at radius 1 is 1.28 bits per heavy atom. The van der Waals surface area contributed by atoms with Crippen molar-refractivity contribution in [3.8, 4) is 0 Å². The molecule has 0 amide bonds. The van der Waals surface area contributed by atoms with Gasteiger partial charge in [-0.1, -0.05) is 37.6 Å². The monoisotopic (exact) mass is 269 g/mol. The van der Waals surface area contributed by atoms with Crippen LogP contribution in [-0.2, 0) is 15.1 Å². The van der Waals surface area contributed by atoms with Crippen LogP contribution in [0.1, 0.15) is 32.8 Å². The lowest BCUT2D eigenvalue weighted by atomic mass is 9.87. The zero-order valence-corrected chi connectivity index (χ0v) is 11.9. The molecule has 4 heteroatoms. The Labute approximate surface area is 113 Å². The van der Waals surface area contributed by atoms with Gasteiger partial charge in [0.2, 0.25) is 0 Å². The molecule has 0 aliphatic heterocycles. The van der Waals surface area contributed by atoms with Crippen LogP contribution in [0.15, 0.2) is 24.3 Å². The Morgan fingerprint density at radius 2 is 1.89 bits per heavy atom.